The van der Waals surface area contributed by atoms with Crippen molar-refractivity contribution in [3.8, 4) is 0 Å². The van der Waals surface area contributed by atoms with Crippen LogP contribution in [0.3, 0.4) is 0 Å². The van der Waals surface area contributed by atoms with Gasteiger partial charge in [0, 0.05) is 21.8 Å². The Bertz CT molecular complexity index is 661. The number of nitrogens with zero attached hydrogens (tertiary/aromatic N) is 1. The Morgan fingerprint density at radius 3 is 2.50 bits per heavy atom. The van der Waals surface area contributed by atoms with Gasteiger partial charge in [0.25, 0.3) is 0 Å². The van der Waals surface area contributed by atoms with Crippen LogP contribution in [0.5, 0.6) is 0 Å². The normalized spacial score (nSPS) is 10.4. The maximum absolute atomic E-state index is 11.8. The quantitative estimate of drug-likeness (QED) is 0.574. The molecule has 104 valence electrons. The van der Waals surface area contributed by atoms with Crippen molar-refractivity contribution in [2.45, 2.75) is 6.61 Å². The Balaban J connectivity index is 2.06. The minimum Gasteiger partial charge on any atom is -0.457 e. The molecule has 0 aliphatic heterocycles. The Kier molecular flexibility index (Phi) is 5.11. The Hall–Kier alpha value is -1.000. The summed E-state index contributed by atoms with van der Waals surface area (Å²) in [6.45, 7) is 0.0229. The van der Waals surface area contributed by atoms with Crippen molar-refractivity contribution in [3.63, 3.8) is 0 Å². The van der Waals surface area contributed by atoms with Gasteiger partial charge in [-0.25, -0.2) is 9.78 Å². The molecule has 2 aromatic rings. The van der Waals surface area contributed by atoms with E-state index in [1.807, 2.05) is 0 Å². The molecule has 0 radical (unpaired) electrons. The first-order valence-electron chi connectivity index (χ1n) is 5.39. The van der Waals surface area contributed by atoms with E-state index in [2.05, 4.69) is 4.98 Å². The van der Waals surface area contributed by atoms with E-state index in [4.69, 9.17) is 51.1 Å². The molecule has 1 aromatic heterocycles. The Morgan fingerprint density at radius 2 is 1.85 bits per heavy atom. The number of aromatic nitrogens is 1. The smallest absolute Gasteiger partial charge is 0.340 e. The molecular formula is C13H7Cl4NO2. The molecule has 0 fully saturated rings. The minimum absolute atomic E-state index is 0.0229. The van der Waals surface area contributed by atoms with Gasteiger partial charge in [-0.1, -0.05) is 52.5 Å². The molecule has 0 N–H and O–H groups in total. The van der Waals surface area contributed by atoms with Gasteiger partial charge in [-0.3, -0.25) is 0 Å². The average Bonchev–Trinajstić information content (AvgIpc) is 2.40. The van der Waals surface area contributed by atoms with Gasteiger partial charge in [-0.05, 0) is 18.2 Å². The molecule has 2 rings (SSSR count). The van der Waals surface area contributed by atoms with Gasteiger partial charge in [-0.2, -0.15) is 0 Å². The van der Waals surface area contributed by atoms with Crippen LogP contribution in [0.2, 0.25) is 20.2 Å². The maximum atomic E-state index is 11.8. The fourth-order valence-corrected chi connectivity index (χ4v) is 2.13. The van der Waals surface area contributed by atoms with Crippen molar-refractivity contribution in [1.82, 2.24) is 4.98 Å². The van der Waals surface area contributed by atoms with Gasteiger partial charge in [0.05, 0.1) is 10.6 Å². The Labute approximate surface area is 135 Å². The lowest BCUT2D eigenvalue weighted by atomic mass is 10.2. The third-order valence-electron chi connectivity index (χ3n) is 2.41. The zero-order chi connectivity index (χ0) is 14.7. The number of carbonyl (C=O) groups is 1. The van der Waals surface area contributed by atoms with Crippen LogP contribution in [0, 0.1) is 0 Å². The molecule has 0 saturated heterocycles. The molecule has 0 bridgehead atoms. The van der Waals surface area contributed by atoms with Crippen molar-refractivity contribution >= 4 is 52.4 Å². The number of esters is 1. The molecule has 0 amide bonds. The number of carbonyl (C=O) groups excluding carboxylic acids is 1. The molecule has 7 heteroatoms. The maximum Gasteiger partial charge on any atom is 0.340 e. The number of ether oxygens (including phenoxy) is 1. The number of hydrogen-bond acceptors (Lipinski definition) is 3. The molecule has 20 heavy (non-hydrogen) atoms. The summed E-state index contributed by atoms with van der Waals surface area (Å²) in [7, 11) is 0. The summed E-state index contributed by atoms with van der Waals surface area (Å²) in [6, 6.07) is 6.32. The lowest BCUT2D eigenvalue weighted by Gasteiger charge is -2.07. The molecule has 0 aliphatic rings. The predicted molar refractivity (Wildman–Crippen MR) is 79.8 cm³/mol. The molecule has 0 spiro atoms. The minimum atomic E-state index is -0.568. The second-order valence-electron chi connectivity index (χ2n) is 3.81. The first-order chi connectivity index (χ1) is 9.47. The van der Waals surface area contributed by atoms with E-state index in [1.54, 1.807) is 18.2 Å². The van der Waals surface area contributed by atoms with E-state index in [0.29, 0.717) is 15.6 Å². The van der Waals surface area contributed by atoms with Crippen molar-refractivity contribution in [2.75, 3.05) is 0 Å². The highest BCUT2D eigenvalue weighted by Gasteiger charge is 2.11. The SMILES string of the molecule is O=C(OCc1ccc(Cl)cc1Cl)c1cnc(Cl)c(Cl)c1. The molecule has 1 heterocycles. The highest BCUT2D eigenvalue weighted by molar-refractivity contribution is 6.41. The van der Waals surface area contributed by atoms with Crippen LogP contribution in [0.1, 0.15) is 15.9 Å². The second kappa shape index (κ2) is 6.64. The molecule has 3 nitrogen and oxygen atoms in total. The van der Waals surface area contributed by atoms with Crippen LogP contribution in [0.25, 0.3) is 0 Å². The zero-order valence-corrected chi connectivity index (χ0v) is 12.9. The van der Waals surface area contributed by atoms with Gasteiger partial charge in [0.1, 0.15) is 11.8 Å². The van der Waals surface area contributed by atoms with Crippen LogP contribution in [0.4, 0.5) is 0 Å². The second-order valence-corrected chi connectivity index (χ2v) is 5.42. The summed E-state index contributed by atoms with van der Waals surface area (Å²) in [5.41, 5.74) is 0.863. The summed E-state index contributed by atoms with van der Waals surface area (Å²) in [6.07, 6.45) is 1.29. The largest absolute Gasteiger partial charge is 0.457 e. The number of halogens is 4. The molecule has 0 unspecified atom stereocenters. The highest BCUT2D eigenvalue weighted by Crippen LogP contribution is 2.23. The number of pyridine rings is 1. The van der Waals surface area contributed by atoms with Crippen molar-refractivity contribution in [2.24, 2.45) is 0 Å². The summed E-state index contributed by atoms with van der Waals surface area (Å²) >= 11 is 23.2. The molecule has 0 saturated carbocycles. The highest BCUT2D eigenvalue weighted by atomic mass is 35.5. The first kappa shape index (κ1) is 15.4. The third-order valence-corrected chi connectivity index (χ3v) is 3.68. The standard InChI is InChI=1S/C13H7Cl4NO2/c14-9-2-1-7(10(15)4-9)6-20-13(19)8-3-11(16)12(17)18-5-8/h1-5H,6H2. The molecule has 1 aromatic carbocycles. The van der Waals surface area contributed by atoms with Crippen molar-refractivity contribution in [3.05, 3.63) is 61.8 Å². The first-order valence-corrected chi connectivity index (χ1v) is 6.90. The fraction of sp³-hybridized carbons (Fsp3) is 0.0769. The third kappa shape index (κ3) is 3.76. The van der Waals surface area contributed by atoms with Gasteiger partial charge in [-0.15, -0.1) is 0 Å². The lowest BCUT2D eigenvalue weighted by Crippen LogP contribution is -2.06. The van der Waals surface area contributed by atoms with E-state index >= 15 is 0 Å². The zero-order valence-electron chi connectivity index (χ0n) is 9.87. The number of benzene rings is 1. The van der Waals surface area contributed by atoms with Crippen LogP contribution in [-0.4, -0.2) is 11.0 Å². The number of rotatable bonds is 3. The van der Waals surface area contributed by atoms with E-state index < -0.39 is 5.97 Å². The average molecular weight is 351 g/mol. The predicted octanol–water partition coefficient (Wildman–Crippen LogP) is 5.05. The van der Waals surface area contributed by atoms with Crippen molar-refractivity contribution in [1.29, 1.82) is 0 Å². The van der Waals surface area contributed by atoms with E-state index in [0.717, 1.165) is 0 Å². The fourth-order valence-electron chi connectivity index (χ4n) is 1.40. The van der Waals surface area contributed by atoms with Gasteiger partial charge in [0.2, 0.25) is 0 Å². The molecule has 0 atom stereocenters. The lowest BCUT2D eigenvalue weighted by molar-refractivity contribution is 0.0472. The van der Waals surface area contributed by atoms with Crippen LogP contribution >= 0.6 is 46.4 Å². The monoisotopic (exact) mass is 349 g/mol. The molecule has 0 aliphatic carbocycles. The van der Waals surface area contributed by atoms with Crippen molar-refractivity contribution < 1.29 is 9.53 Å². The van der Waals surface area contributed by atoms with Crippen LogP contribution in [-0.2, 0) is 11.3 Å². The van der Waals surface area contributed by atoms with Crippen LogP contribution in [0.15, 0.2) is 30.5 Å². The summed E-state index contributed by atoms with van der Waals surface area (Å²) in [5.74, 6) is -0.568. The number of hydrogen-bond donors (Lipinski definition) is 0. The van der Waals surface area contributed by atoms with Gasteiger partial charge in [0.15, 0.2) is 0 Å². The van der Waals surface area contributed by atoms with Gasteiger partial charge >= 0.3 is 5.97 Å². The Morgan fingerprint density at radius 1 is 1.10 bits per heavy atom. The summed E-state index contributed by atoms with van der Waals surface area (Å²) < 4.78 is 5.12. The van der Waals surface area contributed by atoms with E-state index in [9.17, 15) is 4.79 Å². The van der Waals surface area contributed by atoms with Crippen LogP contribution < -0.4 is 0 Å². The van der Waals surface area contributed by atoms with Gasteiger partial charge < -0.3 is 4.74 Å². The van der Waals surface area contributed by atoms with E-state index in [1.165, 1.54) is 12.3 Å². The molecular weight excluding hydrogens is 344 g/mol. The summed E-state index contributed by atoms with van der Waals surface area (Å²) in [5, 5.41) is 1.26. The van der Waals surface area contributed by atoms with E-state index in [-0.39, 0.29) is 22.3 Å². The summed E-state index contributed by atoms with van der Waals surface area (Å²) in [4.78, 5) is 15.6. The topological polar surface area (TPSA) is 39.2 Å².